The van der Waals surface area contributed by atoms with Crippen LogP contribution in [0.2, 0.25) is 0 Å². The molecule has 0 aliphatic heterocycles. The van der Waals surface area contributed by atoms with Crippen molar-refractivity contribution >= 4 is 0 Å². The van der Waals surface area contributed by atoms with Gasteiger partial charge in [0.05, 0.1) is 0 Å². The largest absolute Gasteiger partial charge is 0.120 e. The lowest BCUT2D eigenvalue weighted by Gasteiger charge is -1.96. The Morgan fingerprint density at radius 2 is 1.19 bits per heavy atom. The molecule has 0 nitrogen and oxygen atoms in total. The fraction of sp³-hybridized carbons (Fsp3) is 0.750. The van der Waals surface area contributed by atoms with Crippen molar-refractivity contribution in [3.63, 3.8) is 0 Å². The van der Waals surface area contributed by atoms with E-state index in [1.165, 1.54) is 38.5 Å². The van der Waals surface area contributed by atoms with Gasteiger partial charge in [0.1, 0.15) is 0 Å². The van der Waals surface area contributed by atoms with E-state index in [-0.39, 0.29) is 0 Å². The van der Waals surface area contributed by atoms with Crippen LogP contribution in [-0.4, -0.2) is 0 Å². The van der Waals surface area contributed by atoms with Crippen molar-refractivity contribution in [2.45, 2.75) is 77.6 Å². The van der Waals surface area contributed by atoms with Crippen LogP contribution in [0, 0.1) is 24.2 Å². The second-order valence-corrected chi connectivity index (χ2v) is 4.28. The van der Waals surface area contributed by atoms with Gasteiger partial charge in [-0.1, -0.05) is 39.0 Å². The summed E-state index contributed by atoms with van der Waals surface area (Å²) < 4.78 is 0. The average molecular weight is 218 g/mol. The zero-order valence-electron chi connectivity index (χ0n) is 10.9. The van der Waals surface area contributed by atoms with Crippen molar-refractivity contribution in [3.8, 4) is 24.2 Å². The minimum atomic E-state index is 0.902. The van der Waals surface area contributed by atoms with Gasteiger partial charge in [-0.05, 0) is 19.3 Å². The molecule has 0 saturated carbocycles. The van der Waals surface area contributed by atoms with Crippen molar-refractivity contribution < 1.29 is 0 Å². The quantitative estimate of drug-likeness (QED) is 0.380. The highest BCUT2D eigenvalue weighted by Crippen LogP contribution is 2.06. The molecule has 0 aromatic heterocycles. The van der Waals surface area contributed by atoms with Gasteiger partial charge >= 0.3 is 0 Å². The van der Waals surface area contributed by atoms with Crippen molar-refractivity contribution in [2.24, 2.45) is 0 Å². The van der Waals surface area contributed by atoms with Crippen LogP contribution in [0.3, 0.4) is 0 Å². The van der Waals surface area contributed by atoms with Gasteiger partial charge in [0.25, 0.3) is 0 Å². The first-order valence-corrected chi connectivity index (χ1v) is 6.81. The summed E-state index contributed by atoms with van der Waals surface area (Å²) in [5, 5.41) is 0. The maximum absolute atomic E-state index is 5.17. The summed E-state index contributed by atoms with van der Waals surface area (Å²) in [6.07, 6.45) is 18.6. The van der Waals surface area contributed by atoms with E-state index in [1.54, 1.807) is 0 Å². The van der Waals surface area contributed by atoms with E-state index in [1.807, 2.05) is 0 Å². The third-order valence-electron chi connectivity index (χ3n) is 2.65. The summed E-state index contributed by atoms with van der Waals surface area (Å²) >= 11 is 0. The van der Waals surface area contributed by atoms with E-state index in [0.29, 0.717) is 0 Å². The van der Waals surface area contributed by atoms with Crippen LogP contribution in [0.4, 0.5) is 0 Å². The maximum atomic E-state index is 5.17. The van der Waals surface area contributed by atoms with E-state index < -0.39 is 0 Å². The Morgan fingerprint density at radius 3 is 1.81 bits per heavy atom. The first-order valence-electron chi connectivity index (χ1n) is 6.81. The molecule has 0 bridgehead atoms. The zero-order valence-corrected chi connectivity index (χ0v) is 10.9. The van der Waals surface area contributed by atoms with Crippen LogP contribution in [0.25, 0.3) is 0 Å². The highest BCUT2D eigenvalue weighted by atomic mass is 13.9. The molecule has 0 atom stereocenters. The molecule has 0 aromatic rings. The Hall–Kier alpha value is -0.880. The van der Waals surface area contributed by atoms with Crippen LogP contribution in [0.5, 0.6) is 0 Å². The van der Waals surface area contributed by atoms with Gasteiger partial charge in [0.2, 0.25) is 0 Å². The SMILES string of the molecule is C#CCCCCC#CCCCCCCCC. The molecule has 0 saturated heterocycles. The number of terminal acetylenes is 1. The van der Waals surface area contributed by atoms with Gasteiger partial charge in [-0.3, -0.25) is 0 Å². The van der Waals surface area contributed by atoms with E-state index in [9.17, 15) is 0 Å². The lowest BCUT2D eigenvalue weighted by atomic mass is 10.1. The Morgan fingerprint density at radius 1 is 0.688 bits per heavy atom. The Balaban J connectivity index is 3.07. The number of rotatable bonds is 9. The fourth-order valence-corrected chi connectivity index (χ4v) is 1.61. The second kappa shape index (κ2) is 14.1. The predicted molar refractivity (Wildman–Crippen MR) is 73.1 cm³/mol. The molecule has 0 heteroatoms. The Kier molecular flexibility index (Phi) is 13.3. The normalized spacial score (nSPS) is 9.25. The molecule has 0 heterocycles. The fourth-order valence-electron chi connectivity index (χ4n) is 1.61. The molecule has 0 aliphatic carbocycles. The van der Waals surface area contributed by atoms with E-state index in [0.717, 1.165) is 32.1 Å². The molecule has 90 valence electrons. The minimum absolute atomic E-state index is 0.902. The van der Waals surface area contributed by atoms with Crippen molar-refractivity contribution in [1.82, 2.24) is 0 Å². The summed E-state index contributed by atoms with van der Waals surface area (Å²) in [6, 6.07) is 0. The van der Waals surface area contributed by atoms with Crippen LogP contribution in [-0.2, 0) is 0 Å². The highest BCUT2D eigenvalue weighted by molar-refractivity contribution is 4.98. The summed E-state index contributed by atoms with van der Waals surface area (Å²) in [7, 11) is 0. The molecule has 0 amide bonds. The first kappa shape index (κ1) is 15.1. The van der Waals surface area contributed by atoms with E-state index in [2.05, 4.69) is 24.7 Å². The van der Waals surface area contributed by atoms with Gasteiger partial charge in [0.15, 0.2) is 0 Å². The summed E-state index contributed by atoms with van der Waals surface area (Å²) in [6.45, 7) is 2.26. The number of unbranched alkanes of at least 4 members (excludes halogenated alkanes) is 9. The standard InChI is InChI=1S/C16H26/c1-3-5-7-9-11-13-15-16-14-12-10-8-6-4-2/h1H,4-12,14,16H2,2H3. The molecular weight excluding hydrogens is 192 g/mol. The van der Waals surface area contributed by atoms with Gasteiger partial charge in [-0.2, -0.15) is 0 Å². The van der Waals surface area contributed by atoms with Gasteiger partial charge < -0.3 is 0 Å². The van der Waals surface area contributed by atoms with Crippen molar-refractivity contribution in [3.05, 3.63) is 0 Å². The van der Waals surface area contributed by atoms with Gasteiger partial charge in [-0.25, -0.2) is 0 Å². The van der Waals surface area contributed by atoms with E-state index >= 15 is 0 Å². The Labute approximate surface area is 102 Å². The maximum Gasteiger partial charge on any atom is 0.00890 e. The van der Waals surface area contributed by atoms with Crippen LogP contribution >= 0.6 is 0 Å². The molecule has 0 unspecified atom stereocenters. The number of hydrogen-bond acceptors (Lipinski definition) is 0. The number of hydrogen-bond donors (Lipinski definition) is 0. The second-order valence-electron chi connectivity index (χ2n) is 4.28. The molecular formula is C16H26. The molecule has 0 radical (unpaired) electrons. The smallest absolute Gasteiger partial charge is 0.00890 e. The molecule has 0 aliphatic rings. The van der Waals surface area contributed by atoms with Gasteiger partial charge in [-0.15, -0.1) is 24.2 Å². The molecule has 0 N–H and O–H groups in total. The zero-order chi connectivity index (χ0) is 11.9. The summed E-state index contributed by atoms with van der Waals surface area (Å²) in [5.41, 5.74) is 0. The molecule has 0 fully saturated rings. The monoisotopic (exact) mass is 218 g/mol. The van der Waals surface area contributed by atoms with Gasteiger partial charge in [0, 0.05) is 19.3 Å². The summed E-state index contributed by atoms with van der Waals surface area (Å²) in [5.74, 6) is 9.13. The highest BCUT2D eigenvalue weighted by Gasteiger charge is 1.87. The minimum Gasteiger partial charge on any atom is -0.120 e. The van der Waals surface area contributed by atoms with Crippen molar-refractivity contribution in [2.75, 3.05) is 0 Å². The van der Waals surface area contributed by atoms with Crippen LogP contribution < -0.4 is 0 Å². The molecule has 0 rings (SSSR count). The lowest BCUT2D eigenvalue weighted by molar-refractivity contribution is 0.613. The topological polar surface area (TPSA) is 0 Å². The third-order valence-corrected chi connectivity index (χ3v) is 2.65. The summed E-state index contributed by atoms with van der Waals surface area (Å²) in [4.78, 5) is 0. The van der Waals surface area contributed by atoms with E-state index in [4.69, 9.17) is 6.42 Å². The first-order chi connectivity index (χ1) is 7.91. The average Bonchev–Trinajstić information content (AvgIpc) is 2.31. The van der Waals surface area contributed by atoms with Crippen LogP contribution in [0.15, 0.2) is 0 Å². The lowest BCUT2D eigenvalue weighted by Crippen LogP contribution is -1.78. The molecule has 16 heavy (non-hydrogen) atoms. The van der Waals surface area contributed by atoms with Crippen LogP contribution in [0.1, 0.15) is 77.6 Å². The molecule has 0 spiro atoms. The predicted octanol–water partition coefficient (Wildman–Crippen LogP) is 4.93. The molecule has 0 aromatic carbocycles. The van der Waals surface area contributed by atoms with Crippen molar-refractivity contribution in [1.29, 1.82) is 0 Å². The Bertz CT molecular complexity index is 221. The third kappa shape index (κ3) is 13.1.